The smallest absolute Gasteiger partial charge is 0.306 e. The van der Waals surface area contributed by atoms with Crippen molar-refractivity contribution in [1.82, 2.24) is 0 Å². The first-order valence-corrected chi connectivity index (χ1v) is 17.5. The van der Waals surface area contributed by atoms with Crippen molar-refractivity contribution in [1.29, 1.82) is 0 Å². The highest BCUT2D eigenvalue weighted by molar-refractivity contribution is 5.88. The first kappa shape index (κ1) is 30.6. The van der Waals surface area contributed by atoms with Gasteiger partial charge in [0, 0.05) is 23.7 Å². The average molecular weight is 557 g/mol. The molecule has 0 aromatic carbocycles. The van der Waals surface area contributed by atoms with Gasteiger partial charge in [0.15, 0.2) is 11.9 Å². The topological polar surface area (TPSA) is 55.9 Å². The highest BCUT2D eigenvalue weighted by atomic mass is 16.6. The SMILES string of the molecule is CCCCCCCCCCCCCCCC(=O)OC1C(=O)CC2(C)C(CCC34CC(CCC23)C2(C)OC42)C1(C)C. The number of fused-ring (bicyclic) bond motifs is 5. The van der Waals surface area contributed by atoms with E-state index < -0.39 is 6.10 Å². The standard InChI is InChI=1S/C36H60O4/c1-6-7-8-9-10-11-12-13-14-15-16-17-18-19-30(38)39-31-27(37)25-34(4)28(33(31,2)3)22-23-36-24-26(20-21-29(34)36)35(5)32(36)40-35/h26,28-29,31-32H,6-25H2,1-5H3. The number of Topliss-reactive ketones (excluding diaryl/α,β-unsaturated/α-hetero) is 1. The molecule has 2 bridgehead atoms. The molecule has 5 rings (SSSR count). The van der Waals surface area contributed by atoms with Gasteiger partial charge in [-0.05, 0) is 68.6 Å². The summed E-state index contributed by atoms with van der Waals surface area (Å²) < 4.78 is 12.4. The van der Waals surface area contributed by atoms with Gasteiger partial charge in [-0.15, -0.1) is 0 Å². The first-order valence-electron chi connectivity index (χ1n) is 17.5. The Morgan fingerprint density at radius 1 is 0.825 bits per heavy atom. The van der Waals surface area contributed by atoms with Crippen molar-refractivity contribution in [3.05, 3.63) is 0 Å². The quantitative estimate of drug-likeness (QED) is 0.115. The number of carbonyl (C=O) groups is 2. The van der Waals surface area contributed by atoms with E-state index in [0.717, 1.165) is 19.3 Å². The number of hydrogen-bond acceptors (Lipinski definition) is 4. The zero-order valence-electron chi connectivity index (χ0n) is 26.7. The minimum atomic E-state index is -0.587. The molecule has 40 heavy (non-hydrogen) atoms. The lowest BCUT2D eigenvalue weighted by molar-refractivity contribution is -0.204. The lowest BCUT2D eigenvalue weighted by Crippen LogP contribution is -2.63. The molecule has 1 aliphatic heterocycles. The summed E-state index contributed by atoms with van der Waals surface area (Å²) in [6.07, 6.45) is 23.8. The fourth-order valence-electron chi connectivity index (χ4n) is 11.0. The van der Waals surface area contributed by atoms with Crippen LogP contribution in [0.15, 0.2) is 0 Å². The number of unbranched alkanes of at least 4 members (excludes halogenated alkanes) is 12. The predicted octanol–water partition coefficient (Wildman–Crippen LogP) is 9.37. The molecule has 0 amide bonds. The number of carbonyl (C=O) groups excluding carboxylic acids is 2. The van der Waals surface area contributed by atoms with Crippen molar-refractivity contribution in [3.8, 4) is 0 Å². The Morgan fingerprint density at radius 3 is 2.05 bits per heavy atom. The molecule has 4 nitrogen and oxygen atoms in total. The molecule has 4 heteroatoms. The van der Waals surface area contributed by atoms with Crippen LogP contribution in [0.5, 0.6) is 0 Å². The lowest BCUT2D eigenvalue weighted by atomic mass is 9.40. The van der Waals surface area contributed by atoms with E-state index in [1.54, 1.807) is 0 Å². The van der Waals surface area contributed by atoms with Gasteiger partial charge >= 0.3 is 5.97 Å². The van der Waals surface area contributed by atoms with Crippen LogP contribution in [0.2, 0.25) is 0 Å². The van der Waals surface area contributed by atoms with E-state index in [4.69, 9.17) is 9.47 Å². The second-order valence-electron chi connectivity index (χ2n) is 15.9. The van der Waals surface area contributed by atoms with Crippen LogP contribution in [0, 0.1) is 34.0 Å². The summed E-state index contributed by atoms with van der Waals surface area (Å²) in [6.45, 7) is 11.5. The Labute approximate surface area is 245 Å². The van der Waals surface area contributed by atoms with Crippen LogP contribution in [0.4, 0.5) is 0 Å². The van der Waals surface area contributed by atoms with Gasteiger partial charge in [-0.1, -0.05) is 105 Å². The van der Waals surface area contributed by atoms with Gasteiger partial charge in [0.2, 0.25) is 0 Å². The molecule has 228 valence electrons. The molecule has 0 aromatic heterocycles. The summed E-state index contributed by atoms with van der Waals surface area (Å²) in [7, 11) is 0. The summed E-state index contributed by atoms with van der Waals surface area (Å²) >= 11 is 0. The third kappa shape index (κ3) is 5.46. The Bertz CT molecular complexity index is 910. The normalized spacial score (nSPS) is 40.7. The Hall–Kier alpha value is -0.900. The molecule has 0 aromatic rings. The van der Waals surface area contributed by atoms with E-state index in [0.29, 0.717) is 36.7 Å². The predicted molar refractivity (Wildman–Crippen MR) is 161 cm³/mol. The summed E-state index contributed by atoms with van der Waals surface area (Å²) in [6, 6.07) is 0. The van der Waals surface area contributed by atoms with Gasteiger partial charge in [0.1, 0.15) is 0 Å². The molecule has 0 N–H and O–H groups in total. The van der Waals surface area contributed by atoms with Crippen molar-refractivity contribution < 1.29 is 19.1 Å². The third-order valence-corrected chi connectivity index (χ3v) is 12.9. The summed E-state index contributed by atoms with van der Waals surface area (Å²) in [5.41, 5.74) is 0.0499. The summed E-state index contributed by atoms with van der Waals surface area (Å²) in [4.78, 5) is 26.6. The number of ketones is 1. The highest BCUT2D eigenvalue weighted by Crippen LogP contribution is 2.77. The van der Waals surface area contributed by atoms with Gasteiger partial charge in [0.25, 0.3) is 0 Å². The van der Waals surface area contributed by atoms with Crippen LogP contribution in [-0.2, 0) is 19.1 Å². The van der Waals surface area contributed by atoms with E-state index >= 15 is 0 Å². The molecule has 8 unspecified atom stereocenters. The maximum absolute atomic E-state index is 13.7. The number of hydrogen-bond donors (Lipinski definition) is 0. The van der Waals surface area contributed by atoms with Gasteiger partial charge < -0.3 is 9.47 Å². The molecular weight excluding hydrogens is 496 g/mol. The van der Waals surface area contributed by atoms with Crippen LogP contribution in [0.25, 0.3) is 0 Å². The number of epoxide rings is 1. The van der Waals surface area contributed by atoms with Crippen LogP contribution in [0.3, 0.4) is 0 Å². The Kier molecular flexibility index (Phi) is 9.17. The minimum Gasteiger partial charge on any atom is -0.454 e. The van der Waals surface area contributed by atoms with Crippen molar-refractivity contribution in [3.63, 3.8) is 0 Å². The van der Waals surface area contributed by atoms with Crippen LogP contribution < -0.4 is 0 Å². The molecule has 5 fully saturated rings. The van der Waals surface area contributed by atoms with Crippen LogP contribution >= 0.6 is 0 Å². The van der Waals surface area contributed by atoms with E-state index in [9.17, 15) is 9.59 Å². The second kappa shape index (κ2) is 12.0. The van der Waals surface area contributed by atoms with E-state index in [2.05, 4.69) is 34.6 Å². The second-order valence-corrected chi connectivity index (χ2v) is 15.9. The highest BCUT2D eigenvalue weighted by Gasteiger charge is 2.79. The Balaban J connectivity index is 1.04. The molecule has 4 aliphatic carbocycles. The molecule has 8 atom stereocenters. The minimum absolute atomic E-state index is 0.0149. The van der Waals surface area contributed by atoms with Gasteiger partial charge in [-0.3, -0.25) is 9.59 Å². The van der Waals surface area contributed by atoms with Crippen LogP contribution in [-0.4, -0.2) is 29.6 Å². The monoisotopic (exact) mass is 556 g/mol. The number of ether oxygens (including phenoxy) is 2. The Morgan fingerprint density at radius 2 is 1.43 bits per heavy atom. The molecular formula is C36H60O4. The van der Waals surface area contributed by atoms with E-state index in [-0.39, 0.29) is 33.6 Å². The maximum atomic E-state index is 13.7. The van der Waals surface area contributed by atoms with Gasteiger partial charge in [-0.2, -0.15) is 0 Å². The largest absolute Gasteiger partial charge is 0.454 e. The third-order valence-electron chi connectivity index (χ3n) is 12.9. The van der Waals surface area contributed by atoms with Crippen LogP contribution in [0.1, 0.15) is 163 Å². The maximum Gasteiger partial charge on any atom is 0.306 e. The molecule has 0 radical (unpaired) electrons. The average Bonchev–Trinajstić information content (AvgIpc) is 3.58. The molecule has 1 spiro atoms. The number of esters is 1. The molecule has 5 aliphatic rings. The van der Waals surface area contributed by atoms with Crippen molar-refractivity contribution >= 4 is 11.8 Å². The zero-order chi connectivity index (χ0) is 28.6. The lowest BCUT2D eigenvalue weighted by Gasteiger charge is -2.64. The summed E-state index contributed by atoms with van der Waals surface area (Å²) in [5.74, 6) is 1.67. The molecule has 4 saturated carbocycles. The first-order chi connectivity index (χ1) is 19.1. The van der Waals surface area contributed by atoms with Crippen molar-refractivity contribution in [2.45, 2.75) is 181 Å². The van der Waals surface area contributed by atoms with E-state index in [1.807, 2.05) is 0 Å². The molecule has 1 heterocycles. The molecule has 1 saturated heterocycles. The fourth-order valence-corrected chi connectivity index (χ4v) is 11.0. The van der Waals surface area contributed by atoms with Crippen molar-refractivity contribution in [2.24, 2.45) is 34.0 Å². The number of rotatable bonds is 15. The van der Waals surface area contributed by atoms with E-state index in [1.165, 1.54) is 96.3 Å². The summed E-state index contributed by atoms with van der Waals surface area (Å²) in [5, 5.41) is 0. The van der Waals surface area contributed by atoms with Gasteiger partial charge in [0.05, 0.1) is 11.7 Å². The fraction of sp³-hybridized carbons (Fsp3) is 0.944. The zero-order valence-corrected chi connectivity index (χ0v) is 26.7. The van der Waals surface area contributed by atoms with Crippen molar-refractivity contribution in [2.75, 3.05) is 0 Å². The van der Waals surface area contributed by atoms with Gasteiger partial charge in [-0.25, -0.2) is 0 Å².